The van der Waals surface area contributed by atoms with Gasteiger partial charge in [0.15, 0.2) is 5.78 Å². The molecule has 1 heterocycles. The van der Waals surface area contributed by atoms with Gasteiger partial charge in [0.25, 0.3) is 0 Å². The zero-order valence-electron chi connectivity index (χ0n) is 16.1. The number of hydrogen-bond acceptors (Lipinski definition) is 4. The Morgan fingerprint density at radius 3 is 2.66 bits per heavy atom. The minimum Gasteiger partial charge on any atom is -0.486 e. The first kappa shape index (κ1) is 20.0. The van der Waals surface area contributed by atoms with E-state index in [0.29, 0.717) is 18.6 Å². The lowest BCUT2D eigenvalue weighted by Gasteiger charge is -2.70. The fourth-order valence-electron chi connectivity index (χ4n) is 4.92. The number of carbonyl (C=O) groups excluding carboxylic acids is 2. The molecule has 0 aliphatic heterocycles. The summed E-state index contributed by atoms with van der Waals surface area (Å²) < 4.78 is 18.8. The number of ketones is 2. The van der Waals surface area contributed by atoms with Crippen LogP contribution in [0.3, 0.4) is 0 Å². The topological polar surface area (TPSA) is 56.3 Å². The molecule has 0 radical (unpaired) electrons. The minimum absolute atomic E-state index is 0.0174. The van der Waals surface area contributed by atoms with Crippen LogP contribution in [-0.2, 0) is 16.0 Å². The van der Waals surface area contributed by atoms with E-state index in [1.54, 1.807) is 12.3 Å². The van der Waals surface area contributed by atoms with Gasteiger partial charge < -0.3 is 4.74 Å². The molecule has 29 heavy (non-hydrogen) atoms. The van der Waals surface area contributed by atoms with Crippen LogP contribution in [0.1, 0.15) is 44.2 Å². The van der Waals surface area contributed by atoms with E-state index in [9.17, 15) is 14.0 Å². The Morgan fingerprint density at radius 2 is 1.97 bits per heavy atom. The van der Waals surface area contributed by atoms with Crippen molar-refractivity contribution in [1.82, 2.24) is 4.98 Å². The zero-order valence-corrected chi connectivity index (χ0v) is 16.9. The number of Topliss-reactive ketones (excluding diaryl/α,β-unsaturated/α-hetero) is 2. The van der Waals surface area contributed by atoms with E-state index in [0.717, 1.165) is 37.8 Å². The Bertz CT molecular complexity index is 911. The summed E-state index contributed by atoms with van der Waals surface area (Å²) in [6.07, 6.45) is 6.82. The Balaban J connectivity index is 1.18. The Hall–Kier alpha value is -2.27. The van der Waals surface area contributed by atoms with E-state index in [1.165, 1.54) is 12.1 Å². The lowest BCUT2D eigenvalue weighted by molar-refractivity contribution is -0.208. The highest BCUT2D eigenvalue weighted by molar-refractivity contribution is 6.30. The Kier molecular flexibility index (Phi) is 5.43. The number of carbonyl (C=O) groups is 2. The second kappa shape index (κ2) is 7.86. The lowest BCUT2D eigenvalue weighted by atomic mass is 9.33. The molecule has 0 N–H and O–H groups in total. The van der Waals surface area contributed by atoms with Crippen LogP contribution < -0.4 is 4.74 Å². The van der Waals surface area contributed by atoms with Crippen LogP contribution in [0.2, 0.25) is 5.02 Å². The van der Waals surface area contributed by atoms with Gasteiger partial charge in [-0.25, -0.2) is 4.39 Å². The Labute approximate surface area is 174 Å². The molecule has 3 saturated carbocycles. The summed E-state index contributed by atoms with van der Waals surface area (Å²) in [5.41, 5.74) is 0.799. The molecular weight excluding hydrogens is 393 g/mol. The summed E-state index contributed by atoms with van der Waals surface area (Å²) in [7, 11) is 0. The average molecular weight is 416 g/mol. The molecule has 1 aromatic heterocycles. The summed E-state index contributed by atoms with van der Waals surface area (Å²) in [5.74, 6) is 0.0313. The number of rotatable bonds is 10. The molecule has 152 valence electrons. The molecule has 0 amide bonds. The minimum atomic E-state index is -0.570. The normalized spacial score (nSPS) is 24.3. The van der Waals surface area contributed by atoms with Gasteiger partial charge in [-0.1, -0.05) is 17.7 Å². The molecule has 5 rings (SSSR count). The predicted molar refractivity (Wildman–Crippen MR) is 107 cm³/mol. The molecule has 2 bridgehead atoms. The van der Waals surface area contributed by atoms with Gasteiger partial charge in [0.1, 0.15) is 24.0 Å². The second-order valence-corrected chi connectivity index (χ2v) is 8.90. The summed E-state index contributed by atoms with van der Waals surface area (Å²) >= 11 is 5.64. The second-order valence-electron chi connectivity index (χ2n) is 8.49. The SMILES string of the molecule is O=C(COc1ccc(Cl)c(F)c1)CC12CC(C(=O)CCCc3ccccn3)(C1)C2. The molecule has 0 spiro atoms. The van der Waals surface area contributed by atoms with Crippen molar-refractivity contribution >= 4 is 23.2 Å². The standard InChI is InChI=1S/C23H23ClFNO3/c24-19-8-7-18(10-20(19)25)29-12-17(27)11-22-13-23(14-22,15-22)21(28)6-3-5-16-4-1-2-9-26-16/h1-2,4,7-10H,3,5-6,11-15H2. The molecule has 3 fully saturated rings. The quantitative estimate of drug-likeness (QED) is 0.549. The van der Waals surface area contributed by atoms with E-state index in [2.05, 4.69) is 4.98 Å². The number of pyridine rings is 1. The molecule has 3 aliphatic carbocycles. The molecule has 2 aromatic rings. The third-order valence-electron chi connectivity index (χ3n) is 6.16. The van der Waals surface area contributed by atoms with Gasteiger partial charge >= 0.3 is 0 Å². The highest BCUT2D eigenvalue weighted by atomic mass is 35.5. The van der Waals surface area contributed by atoms with Gasteiger partial charge in [0.05, 0.1) is 5.02 Å². The third-order valence-corrected chi connectivity index (χ3v) is 6.46. The van der Waals surface area contributed by atoms with Gasteiger partial charge in [-0.15, -0.1) is 0 Å². The molecule has 0 saturated heterocycles. The van der Waals surface area contributed by atoms with Gasteiger partial charge in [-0.2, -0.15) is 0 Å². The number of halogens is 2. The van der Waals surface area contributed by atoms with Crippen molar-refractivity contribution in [3.05, 3.63) is 59.1 Å². The highest BCUT2D eigenvalue weighted by Crippen LogP contribution is 2.75. The van der Waals surface area contributed by atoms with Crippen molar-refractivity contribution < 1.29 is 18.7 Å². The first-order chi connectivity index (χ1) is 13.9. The largest absolute Gasteiger partial charge is 0.486 e. The first-order valence-corrected chi connectivity index (χ1v) is 10.3. The third kappa shape index (κ3) is 4.20. The van der Waals surface area contributed by atoms with Crippen molar-refractivity contribution in [3.63, 3.8) is 0 Å². The van der Waals surface area contributed by atoms with Gasteiger partial charge in [-0.3, -0.25) is 14.6 Å². The monoisotopic (exact) mass is 415 g/mol. The van der Waals surface area contributed by atoms with Crippen LogP contribution in [0.4, 0.5) is 4.39 Å². The molecule has 0 atom stereocenters. The van der Waals surface area contributed by atoms with E-state index < -0.39 is 5.82 Å². The Morgan fingerprint density at radius 1 is 1.17 bits per heavy atom. The van der Waals surface area contributed by atoms with Crippen molar-refractivity contribution in [2.24, 2.45) is 10.8 Å². The van der Waals surface area contributed by atoms with E-state index >= 15 is 0 Å². The summed E-state index contributed by atoms with van der Waals surface area (Å²) in [6, 6.07) is 9.94. The average Bonchev–Trinajstić information content (AvgIpc) is 2.65. The summed E-state index contributed by atoms with van der Waals surface area (Å²) in [6.45, 7) is -0.0894. The fourth-order valence-corrected chi connectivity index (χ4v) is 5.04. The van der Waals surface area contributed by atoms with E-state index in [-0.39, 0.29) is 34.0 Å². The number of benzene rings is 1. The maximum atomic E-state index is 13.4. The number of ether oxygens (including phenoxy) is 1. The van der Waals surface area contributed by atoms with Crippen LogP contribution in [0, 0.1) is 16.6 Å². The van der Waals surface area contributed by atoms with Crippen molar-refractivity contribution in [3.8, 4) is 5.75 Å². The maximum Gasteiger partial charge on any atom is 0.170 e. The number of aromatic nitrogens is 1. The van der Waals surface area contributed by atoms with Crippen molar-refractivity contribution in [2.75, 3.05) is 6.61 Å². The molecule has 1 aromatic carbocycles. The zero-order chi connectivity index (χ0) is 20.5. The smallest absolute Gasteiger partial charge is 0.170 e. The first-order valence-electron chi connectivity index (χ1n) is 9.93. The lowest BCUT2D eigenvalue weighted by Crippen LogP contribution is -2.65. The van der Waals surface area contributed by atoms with Crippen molar-refractivity contribution in [1.29, 1.82) is 0 Å². The fraction of sp³-hybridized carbons (Fsp3) is 0.435. The van der Waals surface area contributed by atoms with Crippen molar-refractivity contribution in [2.45, 2.75) is 44.9 Å². The van der Waals surface area contributed by atoms with E-state index in [1.807, 2.05) is 18.2 Å². The molecule has 6 heteroatoms. The van der Waals surface area contributed by atoms with Gasteiger partial charge in [0, 0.05) is 36.2 Å². The van der Waals surface area contributed by atoms with Crippen LogP contribution in [0.5, 0.6) is 5.75 Å². The van der Waals surface area contributed by atoms with Crippen LogP contribution in [0.15, 0.2) is 42.6 Å². The summed E-state index contributed by atoms with van der Waals surface area (Å²) in [5, 5.41) is 0.0209. The number of aryl methyl sites for hydroxylation is 1. The number of hydrogen-bond donors (Lipinski definition) is 0. The maximum absolute atomic E-state index is 13.4. The van der Waals surface area contributed by atoms with Crippen LogP contribution in [-0.4, -0.2) is 23.2 Å². The molecule has 0 unspecified atom stereocenters. The van der Waals surface area contributed by atoms with Crippen LogP contribution in [0.25, 0.3) is 0 Å². The molecule has 4 nitrogen and oxygen atoms in total. The van der Waals surface area contributed by atoms with Gasteiger partial charge in [0.2, 0.25) is 0 Å². The van der Waals surface area contributed by atoms with Crippen LogP contribution >= 0.6 is 11.6 Å². The number of nitrogens with zero attached hydrogens (tertiary/aromatic N) is 1. The van der Waals surface area contributed by atoms with Gasteiger partial charge in [-0.05, 0) is 61.8 Å². The molecular formula is C23H23ClFNO3. The predicted octanol–water partition coefficient (Wildman–Crippen LogP) is 4.97. The highest BCUT2D eigenvalue weighted by Gasteiger charge is 2.70. The molecule has 3 aliphatic rings. The summed E-state index contributed by atoms with van der Waals surface area (Å²) in [4.78, 5) is 29.2. The van der Waals surface area contributed by atoms with E-state index in [4.69, 9.17) is 16.3 Å².